The van der Waals surface area contributed by atoms with Crippen molar-refractivity contribution < 1.29 is 14.3 Å². The highest BCUT2D eigenvalue weighted by Gasteiger charge is 2.28. The van der Waals surface area contributed by atoms with Gasteiger partial charge in [0.25, 0.3) is 0 Å². The fourth-order valence-corrected chi connectivity index (χ4v) is 2.44. The van der Waals surface area contributed by atoms with Crippen LogP contribution in [0.4, 0.5) is 0 Å². The first-order chi connectivity index (χ1) is 8.98. The molecule has 1 saturated carbocycles. The zero-order valence-electron chi connectivity index (χ0n) is 12.8. The van der Waals surface area contributed by atoms with Crippen LogP contribution in [0.3, 0.4) is 0 Å². The van der Waals surface area contributed by atoms with Crippen molar-refractivity contribution in [3.8, 4) is 0 Å². The van der Waals surface area contributed by atoms with E-state index < -0.39 is 0 Å². The van der Waals surface area contributed by atoms with Crippen LogP contribution in [-0.2, 0) is 14.3 Å². The number of esters is 1. The SMILES string of the molecule is CCCNC(COC1CCC(C)(C)CC1)C(=O)OC. The van der Waals surface area contributed by atoms with Crippen LogP contribution in [-0.4, -0.2) is 38.4 Å². The second-order valence-corrected chi connectivity index (χ2v) is 6.23. The maximum Gasteiger partial charge on any atom is 0.325 e. The highest BCUT2D eigenvalue weighted by molar-refractivity contribution is 5.75. The molecule has 0 radical (unpaired) electrons. The van der Waals surface area contributed by atoms with Gasteiger partial charge in [0.05, 0.1) is 19.8 Å². The first-order valence-corrected chi connectivity index (χ1v) is 7.41. The van der Waals surface area contributed by atoms with E-state index in [4.69, 9.17) is 9.47 Å². The number of hydrogen-bond acceptors (Lipinski definition) is 4. The first-order valence-electron chi connectivity index (χ1n) is 7.41. The molecular weight excluding hydrogens is 242 g/mol. The Bertz CT molecular complexity index is 269. The van der Waals surface area contributed by atoms with Crippen LogP contribution in [0.15, 0.2) is 0 Å². The largest absolute Gasteiger partial charge is 0.468 e. The normalized spacial score (nSPS) is 21.1. The van der Waals surface area contributed by atoms with E-state index >= 15 is 0 Å². The molecule has 4 nitrogen and oxygen atoms in total. The van der Waals surface area contributed by atoms with Gasteiger partial charge in [-0.25, -0.2) is 0 Å². The van der Waals surface area contributed by atoms with Crippen molar-refractivity contribution in [1.82, 2.24) is 5.32 Å². The summed E-state index contributed by atoms with van der Waals surface area (Å²) in [6.07, 6.45) is 5.86. The van der Waals surface area contributed by atoms with Gasteiger partial charge < -0.3 is 14.8 Å². The van der Waals surface area contributed by atoms with Crippen molar-refractivity contribution in [2.75, 3.05) is 20.3 Å². The standard InChI is InChI=1S/C15H29NO3/c1-5-10-16-13(14(17)18-4)11-19-12-6-8-15(2,3)9-7-12/h12-13,16H,5-11H2,1-4H3. The lowest BCUT2D eigenvalue weighted by molar-refractivity contribution is -0.145. The van der Waals surface area contributed by atoms with E-state index in [1.54, 1.807) is 0 Å². The van der Waals surface area contributed by atoms with Crippen LogP contribution >= 0.6 is 0 Å². The Kier molecular flexibility index (Phi) is 6.80. The summed E-state index contributed by atoms with van der Waals surface area (Å²) in [5.41, 5.74) is 0.446. The molecule has 0 aromatic rings. The molecule has 1 unspecified atom stereocenters. The smallest absolute Gasteiger partial charge is 0.325 e. The summed E-state index contributed by atoms with van der Waals surface area (Å²) in [6, 6.07) is -0.333. The number of rotatable bonds is 7. The van der Waals surface area contributed by atoms with Gasteiger partial charge >= 0.3 is 5.97 Å². The molecule has 0 aromatic carbocycles. The minimum atomic E-state index is -0.333. The van der Waals surface area contributed by atoms with Crippen LogP contribution < -0.4 is 5.32 Å². The zero-order valence-corrected chi connectivity index (χ0v) is 12.8. The summed E-state index contributed by atoms with van der Waals surface area (Å²) in [5, 5.41) is 3.18. The van der Waals surface area contributed by atoms with Gasteiger partial charge in [-0.15, -0.1) is 0 Å². The average molecular weight is 271 g/mol. The second-order valence-electron chi connectivity index (χ2n) is 6.23. The molecule has 1 N–H and O–H groups in total. The van der Waals surface area contributed by atoms with E-state index in [-0.39, 0.29) is 12.0 Å². The molecule has 1 fully saturated rings. The highest BCUT2D eigenvalue weighted by Crippen LogP contribution is 2.36. The predicted octanol–water partition coefficient (Wildman–Crippen LogP) is 2.51. The lowest BCUT2D eigenvalue weighted by Gasteiger charge is -2.34. The van der Waals surface area contributed by atoms with Gasteiger partial charge in [0, 0.05) is 0 Å². The number of carbonyl (C=O) groups is 1. The number of methoxy groups -OCH3 is 1. The van der Waals surface area contributed by atoms with E-state index in [1.165, 1.54) is 20.0 Å². The Morgan fingerprint density at radius 1 is 1.37 bits per heavy atom. The lowest BCUT2D eigenvalue weighted by atomic mass is 9.76. The molecule has 4 heteroatoms. The van der Waals surface area contributed by atoms with Gasteiger partial charge in [0.1, 0.15) is 6.04 Å². The molecule has 0 heterocycles. The quantitative estimate of drug-likeness (QED) is 0.723. The fraction of sp³-hybridized carbons (Fsp3) is 0.933. The fourth-order valence-electron chi connectivity index (χ4n) is 2.44. The molecule has 1 rings (SSSR count). The van der Waals surface area contributed by atoms with Gasteiger partial charge in [-0.05, 0) is 44.1 Å². The van der Waals surface area contributed by atoms with Crippen LogP contribution in [0.25, 0.3) is 0 Å². The summed E-state index contributed by atoms with van der Waals surface area (Å²) in [4.78, 5) is 11.6. The van der Waals surface area contributed by atoms with E-state index in [1.807, 2.05) is 0 Å². The van der Waals surface area contributed by atoms with Crippen molar-refractivity contribution in [2.45, 2.75) is 65.0 Å². The van der Waals surface area contributed by atoms with Crippen molar-refractivity contribution >= 4 is 5.97 Å². The Hall–Kier alpha value is -0.610. The Balaban J connectivity index is 2.33. The molecule has 0 spiro atoms. The van der Waals surface area contributed by atoms with Crippen molar-refractivity contribution in [3.63, 3.8) is 0 Å². The summed E-state index contributed by atoms with van der Waals surface area (Å²) >= 11 is 0. The molecule has 1 aliphatic carbocycles. The van der Waals surface area contributed by atoms with E-state index in [0.29, 0.717) is 18.1 Å². The molecule has 112 valence electrons. The van der Waals surface area contributed by atoms with Crippen molar-refractivity contribution in [2.24, 2.45) is 5.41 Å². The third kappa shape index (κ3) is 5.91. The Morgan fingerprint density at radius 3 is 2.53 bits per heavy atom. The summed E-state index contributed by atoms with van der Waals surface area (Å²) in [6.45, 7) is 7.91. The zero-order chi connectivity index (χ0) is 14.3. The molecule has 0 amide bonds. The summed E-state index contributed by atoms with van der Waals surface area (Å²) < 4.78 is 10.7. The minimum absolute atomic E-state index is 0.232. The molecular formula is C15H29NO3. The number of hydrogen-bond donors (Lipinski definition) is 1. The first kappa shape index (κ1) is 16.4. The lowest BCUT2D eigenvalue weighted by Crippen LogP contribution is -2.43. The molecule has 1 atom stereocenters. The van der Waals surface area contributed by atoms with Crippen LogP contribution in [0, 0.1) is 5.41 Å². The molecule has 0 aromatic heterocycles. The number of nitrogens with one attached hydrogen (secondary N) is 1. The summed E-state index contributed by atoms with van der Waals surface area (Å²) in [7, 11) is 1.42. The maximum atomic E-state index is 11.6. The van der Waals surface area contributed by atoms with E-state index in [2.05, 4.69) is 26.1 Å². The topological polar surface area (TPSA) is 47.6 Å². The molecule has 0 aliphatic heterocycles. The highest BCUT2D eigenvalue weighted by atomic mass is 16.5. The van der Waals surface area contributed by atoms with Gasteiger partial charge in [-0.2, -0.15) is 0 Å². The van der Waals surface area contributed by atoms with Crippen molar-refractivity contribution in [1.29, 1.82) is 0 Å². The van der Waals surface area contributed by atoms with E-state index in [0.717, 1.165) is 25.8 Å². The van der Waals surface area contributed by atoms with Gasteiger partial charge in [0.2, 0.25) is 0 Å². The molecule has 19 heavy (non-hydrogen) atoms. The average Bonchev–Trinajstić information content (AvgIpc) is 2.39. The van der Waals surface area contributed by atoms with Gasteiger partial charge in [-0.1, -0.05) is 20.8 Å². The van der Waals surface area contributed by atoms with Crippen molar-refractivity contribution in [3.05, 3.63) is 0 Å². The second kappa shape index (κ2) is 7.85. The van der Waals surface area contributed by atoms with Gasteiger partial charge in [0.15, 0.2) is 0 Å². The number of carbonyl (C=O) groups excluding carboxylic acids is 1. The third-order valence-corrected chi connectivity index (χ3v) is 3.91. The van der Waals surface area contributed by atoms with Crippen LogP contribution in [0.1, 0.15) is 52.9 Å². The monoisotopic (exact) mass is 271 g/mol. The Labute approximate surface area is 117 Å². The molecule has 0 bridgehead atoms. The summed E-state index contributed by atoms with van der Waals surface area (Å²) in [5.74, 6) is -0.232. The molecule has 1 aliphatic rings. The van der Waals surface area contributed by atoms with Crippen LogP contribution in [0.5, 0.6) is 0 Å². The Morgan fingerprint density at radius 2 is 2.00 bits per heavy atom. The van der Waals surface area contributed by atoms with Gasteiger partial charge in [-0.3, -0.25) is 4.79 Å². The van der Waals surface area contributed by atoms with Crippen LogP contribution in [0.2, 0.25) is 0 Å². The predicted molar refractivity (Wildman–Crippen MR) is 76.1 cm³/mol. The number of ether oxygens (including phenoxy) is 2. The third-order valence-electron chi connectivity index (χ3n) is 3.91. The molecule has 0 saturated heterocycles. The van der Waals surface area contributed by atoms with E-state index in [9.17, 15) is 4.79 Å². The minimum Gasteiger partial charge on any atom is -0.468 e. The maximum absolute atomic E-state index is 11.6.